The first-order valence-electron chi connectivity index (χ1n) is 7.32. The van der Waals surface area contributed by atoms with E-state index in [1.807, 2.05) is 0 Å². The standard InChI is InChI=1S/C15H13F6NO5/c1-2-7-3-9(27-15(19,20)21)4-8-5-10(13(23)24-6-25-22)12(14(16,17)18)26-11(7)8/h3-5,12H,2,6,22H2,1H3. The number of esters is 1. The summed E-state index contributed by atoms with van der Waals surface area (Å²) in [5.41, 5.74) is -1.14. The smallest absolute Gasteiger partial charge is 0.475 e. The van der Waals surface area contributed by atoms with Gasteiger partial charge in [-0.3, -0.25) is 4.84 Å². The molecule has 0 radical (unpaired) electrons. The van der Waals surface area contributed by atoms with Crippen molar-refractivity contribution in [1.29, 1.82) is 0 Å². The van der Waals surface area contributed by atoms with Crippen LogP contribution in [0.4, 0.5) is 26.3 Å². The van der Waals surface area contributed by atoms with Gasteiger partial charge in [0.2, 0.25) is 12.9 Å². The molecule has 27 heavy (non-hydrogen) atoms. The van der Waals surface area contributed by atoms with E-state index in [-0.39, 0.29) is 23.3 Å². The van der Waals surface area contributed by atoms with Crippen LogP contribution in [0.1, 0.15) is 18.1 Å². The minimum atomic E-state index is -5.01. The topological polar surface area (TPSA) is 80.0 Å². The third-order valence-electron chi connectivity index (χ3n) is 3.40. The van der Waals surface area contributed by atoms with Crippen molar-refractivity contribution >= 4 is 12.0 Å². The zero-order valence-electron chi connectivity index (χ0n) is 13.6. The number of aryl methyl sites for hydroxylation is 1. The lowest BCUT2D eigenvalue weighted by Gasteiger charge is -2.29. The molecule has 2 N–H and O–H groups in total. The number of hydrogen-bond donors (Lipinski definition) is 1. The first kappa shape index (κ1) is 20.8. The van der Waals surface area contributed by atoms with Crippen LogP contribution >= 0.6 is 0 Å². The SMILES string of the molecule is CCc1cc(OC(F)(F)F)cc2c1OC(C(F)(F)F)C(C(=O)OCON)=C2. The van der Waals surface area contributed by atoms with E-state index in [2.05, 4.69) is 20.2 Å². The van der Waals surface area contributed by atoms with Gasteiger partial charge in [0.15, 0.2) is 0 Å². The molecule has 0 spiro atoms. The molecule has 1 aromatic rings. The Bertz CT molecular complexity index is 743. The summed E-state index contributed by atoms with van der Waals surface area (Å²) >= 11 is 0. The van der Waals surface area contributed by atoms with Gasteiger partial charge in [-0.15, -0.1) is 13.2 Å². The van der Waals surface area contributed by atoms with Crippen molar-refractivity contribution in [2.45, 2.75) is 32.0 Å². The normalized spacial score (nSPS) is 16.9. The third kappa shape index (κ3) is 5.04. The zero-order chi connectivity index (χ0) is 20.4. The van der Waals surface area contributed by atoms with Crippen LogP contribution in [-0.2, 0) is 20.8 Å². The van der Waals surface area contributed by atoms with Crippen LogP contribution in [0, 0.1) is 0 Å². The summed E-state index contributed by atoms with van der Waals surface area (Å²) in [5.74, 6) is 2.23. The summed E-state index contributed by atoms with van der Waals surface area (Å²) in [6.45, 7) is 0.677. The van der Waals surface area contributed by atoms with E-state index in [0.717, 1.165) is 18.2 Å². The summed E-state index contributed by atoms with van der Waals surface area (Å²) in [4.78, 5) is 15.8. The summed E-state index contributed by atoms with van der Waals surface area (Å²) in [6.07, 6.45) is -11.9. The third-order valence-corrected chi connectivity index (χ3v) is 3.40. The second kappa shape index (κ2) is 7.64. The molecule has 1 unspecified atom stereocenters. The molecular weight excluding hydrogens is 388 g/mol. The highest BCUT2D eigenvalue weighted by atomic mass is 19.4. The maximum Gasteiger partial charge on any atom is 0.573 e. The van der Waals surface area contributed by atoms with Gasteiger partial charge in [0, 0.05) is 5.56 Å². The monoisotopic (exact) mass is 401 g/mol. The Labute approximate surface area is 148 Å². The quantitative estimate of drug-likeness (QED) is 0.353. The van der Waals surface area contributed by atoms with Gasteiger partial charge in [-0.05, 0) is 30.2 Å². The molecule has 1 aliphatic rings. The number of fused-ring (bicyclic) bond motifs is 1. The summed E-state index contributed by atoms with van der Waals surface area (Å²) < 4.78 is 90.4. The van der Waals surface area contributed by atoms with Gasteiger partial charge in [-0.25, -0.2) is 10.7 Å². The highest BCUT2D eigenvalue weighted by Gasteiger charge is 2.49. The molecule has 0 amide bonds. The molecule has 12 heteroatoms. The average molecular weight is 401 g/mol. The highest BCUT2D eigenvalue weighted by molar-refractivity contribution is 5.96. The fourth-order valence-electron chi connectivity index (χ4n) is 2.39. The van der Waals surface area contributed by atoms with Crippen molar-refractivity contribution in [3.63, 3.8) is 0 Å². The molecule has 0 aromatic heterocycles. The summed E-state index contributed by atoms with van der Waals surface area (Å²) in [5, 5.41) is 0. The summed E-state index contributed by atoms with van der Waals surface area (Å²) in [6, 6.07) is 1.72. The zero-order valence-corrected chi connectivity index (χ0v) is 13.6. The Balaban J connectivity index is 2.54. The number of carbonyl (C=O) groups excluding carboxylic acids is 1. The van der Waals surface area contributed by atoms with Crippen LogP contribution in [0.2, 0.25) is 0 Å². The first-order valence-corrected chi connectivity index (χ1v) is 7.32. The highest BCUT2D eigenvalue weighted by Crippen LogP contribution is 2.42. The van der Waals surface area contributed by atoms with Crippen LogP contribution in [0.3, 0.4) is 0 Å². The number of ether oxygens (including phenoxy) is 3. The Morgan fingerprint density at radius 2 is 1.89 bits per heavy atom. The summed E-state index contributed by atoms with van der Waals surface area (Å²) in [7, 11) is 0. The molecule has 0 fully saturated rings. The van der Waals surface area contributed by atoms with E-state index in [1.165, 1.54) is 6.92 Å². The Hall–Kier alpha value is -2.47. The lowest BCUT2D eigenvalue weighted by Crippen LogP contribution is -2.41. The fraction of sp³-hybridized carbons (Fsp3) is 0.400. The van der Waals surface area contributed by atoms with E-state index in [4.69, 9.17) is 4.74 Å². The first-order chi connectivity index (χ1) is 12.5. The van der Waals surface area contributed by atoms with Crippen LogP contribution < -0.4 is 15.4 Å². The van der Waals surface area contributed by atoms with Gasteiger partial charge in [-0.2, -0.15) is 13.2 Å². The lowest BCUT2D eigenvalue weighted by molar-refractivity contribution is -0.274. The maximum atomic E-state index is 13.3. The van der Waals surface area contributed by atoms with Crippen LogP contribution in [-0.4, -0.2) is 31.4 Å². The van der Waals surface area contributed by atoms with Gasteiger partial charge in [0.05, 0.1) is 5.57 Å². The molecule has 1 aromatic carbocycles. The number of nitrogens with two attached hydrogens (primary N) is 1. The molecule has 0 saturated carbocycles. The number of halogens is 6. The number of carbonyl (C=O) groups is 1. The van der Waals surface area contributed by atoms with Crippen molar-refractivity contribution in [3.8, 4) is 11.5 Å². The molecule has 0 bridgehead atoms. The Kier molecular flexibility index (Phi) is 5.90. The molecule has 150 valence electrons. The molecule has 0 saturated heterocycles. The van der Waals surface area contributed by atoms with Crippen molar-refractivity contribution in [3.05, 3.63) is 28.8 Å². The molecule has 6 nitrogen and oxygen atoms in total. The number of rotatable bonds is 5. The predicted molar refractivity (Wildman–Crippen MR) is 77.2 cm³/mol. The molecule has 1 aliphatic heterocycles. The van der Waals surface area contributed by atoms with Crippen molar-refractivity contribution < 1.29 is 50.2 Å². The minimum absolute atomic E-state index is 0.0370. The van der Waals surface area contributed by atoms with Gasteiger partial charge in [0.25, 0.3) is 0 Å². The predicted octanol–water partition coefficient (Wildman–Crippen LogP) is 3.25. The van der Waals surface area contributed by atoms with E-state index < -0.39 is 42.7 Å². The van der Waals surface area contributed by atoms with Crippen molar-refractivity contribution in [2.24, 2.45) is 5.90 Å². The van der Waals surface area contributed by atoms with Gasteiger partial charge in [0.1, 0.15) is 11.5 Å². The number of benzene rings is 1. The number of alkyl halides is 6. The van der Waals surface area contributed by atoms with Crippen molar-refractivity contribution in [2.75, 3.05) is 6.79 Å². The minimum Gasteiger partial charge on any atom is -0.475 e. The van der Waals surface area contributed by atoms with Gasteiger partial charge < -0.3 is 14.2 Å². The fourth-order valence-corrected chi connectivity index (χ4v) is 2.39. The van der Waals surface area contributed by atoms with E-state index in [0.29, 0.717) is 0 Å². The maximum absolute atomic E-state index is 13.3. The Morgan fingerprint density at radius 3 is 2.41 bits per heavy atom. The van der Waals surface area contributed by atoms with Crippen LogP contribution in [0.5, 0.6) is 11.5 Å². The molecule has 1 atom stereocenters. The van der Waals surface area contributed by atoms with Gasteiger partial charge in [-0.1, -0.05) is 6.92 Å². The van der Waals surface area contributed by atoms with E-state index in [1.54, 1.807) is 0 Å². The molecular formula is C15H13F6NO5. The van der Waals surface area contributed by atoms with E-state index in [9.17, 15) is 31.1 Å². The molecule has 1 heterocycles. The van der Waals surface area contributed by atoms with E-state index >= 15 is 0 Å². The largest absolute Gasteiger partial charge is 0.573 e. The Morgan fingerprint density at radius 1 is 1.22 bits per heavy atom. The van der Waals surface area contributed by atoms with Crippen LogP contribution in [0.15, 0.2) is 17.7 Å². The number of hydrogen-bond acceptors (Lipinski definition) is 6. The molecule has 0 aliphatic carbocycles. The molecule has 2 rings (SSSR count). The lowest BCUT2D eigenvalue weighted by atomic mass is 9.97. The van der Waals surface area contributed by atoms with Gasteiger partial charge >= 0.3 is 18.5 Å². The second-order valence-corrected chi connectivity index (χ2v) is 5.26. The van der Waals surface area contributed by atoms with Crippen LogP contribution in [0.25, 0.3) is 6.08 Å². The second-order valence-electron chi connectivity index (χ2n) is 5.26. The van der Waals surface area contributed by atoms with Crippen molar-refractivity contribution in [1.82, 2.24) is 0 Å². The average Bonchev–Trinajstić information content (AvgIpc) is 2.55.